The number of aromatic nitrogens is 4. The second-order valence-electron chi connectivity index (χ2n) is 9.43. The zero-order valence-corrected chi connectivity index (χ0v) is 22.0. The van der Waals surface area contributed by atoms with Gasteiger partial charge in [0.25, 0.3) is 0 Å². The molecule has 0 bridgehead atoms. The predicted molar refractivity (Wildman–Crippen MR) is 150 cm³/mol. The maximum absolute atomic E-state index is 12.5. The molecule has 0 aliphatic rings. The molecule has 3 aromatic carbocycles. The molecule has 0 aliphatic carbocycles. The van der Waals surface area contributed by atoms with Crippen LogP contribution in [0.3, 0.4) is 0 Å². The van der Waals surface area contributed by atoms with Gasteiger partial charge in [0.15, 0.2) is 0 Å². The molecule has 5 aromatic rings. The number of hydrogen-bond donors (Lipinski definition) is 3. The lowest BCUT2D eigenvalue weighted by Gasteiger charge is -2.23. The standard InChI is InChI=1S/C30H32N6O3/c1-38-21-13-14-25(26(17-21)39-2)36-27(15-12-19-8-4-3-5-9-19)34-35-30(36)23(28(31)29(32)37)16-20-18-33-24-11-7-6-10-22(20)24/h3-11,13-14,17-18,23,28,33H,12,15-16,31H2,1-2H3,(H2,32,37)/t23-,28?/m1/s1. The summed E-state index contributed by atoms with van der Waals surface area (Å²) in [5, 5.41) is 10.3. The maximum Gasteiger partial charge on any atom is 0.235 e. The highest BCUT2D eigenvalue weighted by Gasteiger charge is 2.32. The highest BCUT2D eigenvalue weighted by molar-refractivity contribution is 5.84. The highest BCUT2D eigenvalue weighted by atomic mass is 16.5. The van der Waals surface area contributed by atoms with Gasteiger partial charge in [-0.2, -0.15) is 0 Å². The smallest absolute Gasteiger partial charge is 0.235 e. The Hall–Kier alpha value is -4.63. The third-order valence-electron chi connectivity index (χ3n) is 7.07. The maximum atomic E-state index is 12.5. The van der Waals surface area contributed by atoms with Gasteiger partial charge in [0, 0.05) is 35.5 Å². The Morgan fingerprint density at radius 1 is 0.974 bits per heavy atom. The van der Waals surface area contributed by atoms with Crippen molar-refractivity contribution < 1.29 is 14.3 Å². The van der Waals surface area contributed by atoms with Crippen molar-refractivity contribution in [2.45, 2.75) is 31.2 Å². The van der Waals surface area contributed by atoms with Crippen LogP contribution in [0.1, 0.15) is 28.7 Å². The molecule has 0 saturated carbocycles. The molecule has 39 heavy (non-hydrogen) atoms. The first-order chi connectivity index (χ1) is 19.0. The van der Waals surface area contributed by atoms with Crippen LogP contribution < -0.4 is 20.9 Å². The van der Waals surface area contributed by atoms with Gasteiger partial charge >= 0.3 is 0 Å². The van der Waals surface area contributed by atoms with Crippen molar-refractivity contribution in [3.8, 4) is 17.2 Å². The van der Waals surface area contributed by atoms with Crippen molar-refractivity contribution in [1.82, 2.24) is 19.7 Å². The summed E-state index contributed by atoms with van der Waals surface area (Å²) in [7, 11) is 3.21. The first kappa shape index (κ1) is 26.0. The SMILES string of the molecule is COc1ccc(-n2c(CCc3ccccc3)nnc2[C@H](Cc2c[nH]c3ccccc23)C(N)C(N)=O)c(OC)c1. The normalized spacial score (nSPS) is 12.8. The summed E-state index contributed by atoms with van der Waals surface area (Å²) in [5.41, 5.74) is 16.2. The van der Waals surface area contributed by atoms with Gasteiger partial charge in [-0.1, -0.05) is 48.5 Å². The van der Waals surface area contributed by atoms with Gasteiger partial charge in [-0.05, 0) is 42.2 Å². The largest absolute Gasteiger partial charge is 0.497 e. The van der Waals surface area contributed by atoms with Crippen LogP contribution in [-0.4, -0.2) is 45.9 Å². The van der Waals surface area contributed by atoms with E-state index in [0.717, 1.165) is 34.4 Å². The van der Waals surface area contributed by atoms with Crippen molar-refractivity contribution >= 4 is 16.8 Å². The molecule has 9 heteroatoms. The van der Waals surface area contributed by atoms with Crippen LogP contribution in [0.2, 0.25) is 0 Å². The van der Waals surface area contributed by atoms with Gasteiger partial charge in [-0.25, -0.2) is 0 Å². The van der Waals surface area contributed by atoms with Gasteiger partial charge in [-0.3, -0.25) is 9.36 Å². The number of nitrogens with two attached hydrogens (primary N) is 2. The lowest BCUT2D eigenvalue weighted by Crippen LogP contribution is -2.43. The Morgan fingerprint density at radius 2 is 1.74 bits per heavy atom. The van der Waals surface area contributed by atoms with E-state index in [1.807, 2.05) is 71.4 Å². The molecule has 2 aromatic heterocycles. The van der Waals surface area contributed by atoms with Crippen LogP contribution in [-0.2, 0) is 24.1 Å². The van der Waals surface area contributed by atoms with Crippen molar-refractivity contribution in [1.29, 1.82) is 0 Å². The topological polar surface area (TPSA) is 134 Å². The number of carbonyl (C=O) groups excluding carboxylic acids is 1. The number of H-pyrrole nitrogens is 1. The summed E-state index contributed by atoms with van der Waals surface area (Å²) in [6.45, 7) is 0. The average Bonchev–Trinajstić information content (AvgIpc) is 3.58. The van der Waals surface area contributed by atoms with Gasteiger partial charge in [0.1, 0.15) is 23.1 Å². The number of methoxy groups -OCH3 is 2. The quantitative estimate of drug-likeness (QED) is 0.241. The second-order valence-corrected chi connectivity index (χ2v) is 9.43. The van der Waals surface area contributed by atoms with E-state index in [0.29, 0.717) is 30.2 Å². The number of nitrogens with one attached hydrogen (secondary N) is 1. The first-order valence-electron chi connectivity index (χ1n) is 12.8. The minimum atomic E-state index is -0.993. The van der Waals surface area contributed by atoms with Crippen molar-refractivity contribution in [2.75, 3.05) is 14.2 Å². The monoisotopic (exact) mass is 524 g/mol. The summed E-state index contributed by atoms with van der Waals surface area (Å²) in [6, 6.07) is 22.8. The molecule has 2 heterocycles. The molecule has 5 rings (SSSR count). The van der Waals surface area contributed by atoms with E-state index in [-0.39, 0.29) is 0 Å². The van der Waals surface area contributed by atoms with Gasteiger partial charge in [0.2, 0.25) is 5.91 Å². The van der Waals surface area contributed by atoms with Crippen molar-refractivity contribution in [2.24, 2.45) is 11.5 Å². The minimum Gasteiger partial charge on any atom is -0.497 e. The zero-order chi connectivity index (χ0) is 27.4. The number of rotatable bonds is 11. The molecule has 1 amide bonds. The third kappa shape index (κ3) is 5.35. The molecular formula is C30H32N6O3. The number of primary amides is 1. The van der Waals surface area contributed by atoms with Crippen LogP contribution in [0.25, 0.3) is 16.6 Å². The summed E-state index contributed by atoms with van der Waals surface area (Å²) < 4.78 is 13.1. The Balaban J connectivity index is 1.63. The minimum absolute atomic E-state index is 0.434. The van der Waals surface area contributed by atoms with Crippen LogP contribution >= 0.6 is 0 Å². The number of benzene rings is 3. The second kappa shape index (κ2) is 11.4. The first-order valence-corrected chi connectivity index (χ1v) is 12.8. The van der Waals surface area contributed by atoms with E-state index >= 15 is 0 Å². The Labute approximate surface area is 226 Å². The molecule has 0 spiro atoms. The number of aryl methyl sites for hydroxylation is 2. The molecular weight excluding hydrogens is 492 g/mol. The molecule has 0 aliphatic heterocycles. The van der Waals surface area contributed by atoms with Crippen LogP contribution in [0, 0.1) is 0 Å². The van der Waals surface area contributed by atoms with Gasteiger partial charge < -0.3 is 25.9 Å². The number of carbonyl (C=O) groups is 1. The van der Waals surface area contributed by atoms with Gasteiger partial charge in [-0.15, -0.1) is 10.2 Å². The third-order valence-corrected chi connectivity index (χ3v) is 7.07. The number of nitrogens with zero attached hydrogens (tertiary/aromatic N) is 3. The lowest BCUT2D eigenvalue weighted by atomic mass is 9.90. The number of ether oxygens (including phenoxy) is 2. The van der Waals surface area contributed by atoms with Crippen LogP contribution in [0.4, 0.5) is 0 Å². The molecule has 200 valence electrons. The van der Waals surface area contributed by atoms with E-state index < -0.39 is 17.9 Å². The summed E-state index contributed by atoms with van der Waals surface area (Å²) in [4.78, 5) is 15.8. The van der Waals surface area contributed by atoms with E-state index in [4.69, 9.17) is 20.9 Å². The van der Waals surface area contributed by atoms with Crippen LogP contribution in [0.5, 0.6) is 11.5 Å². The average molecular weight is 525 g/mol. The fourth-order valence-corrected chi connectivity index (χ4v) is 4.98. The van der Waals surface area contributed by atoms with Crippen molar-refractivity contribution in [3.05, 3.63) is 102 Å². The summed E-state index contributed by atoms with van der Waals surface area (Å²) in [6.07, 6.45) is 3.74. The Morgan fingerprint density at radius 3 is 2.49 bits per heavy atom. The zero-order valence-electron chi connectivity index (χ0n) is 22.0. The molecule has 1 unspecified atom stereocenters. The fraction of sp³-hybridized carbons (Fsp3) is 0.233. The van der Waals surface area contributed by atoms with E-state index in [1.165, 1.54) is 5.56 Å². The molecule has 0 fully saturated rings. The number of fused-ring (bicyclic) bond motifs is 1. The van der Waals surface area contributed by atoms with Gasteiger partial charge in [0.05, 0.1) is 25.9 Å². The van der Waals surface area contributed by atoms with Crippen LogP contribution in [0.15, 0.2) is 79.0 Å². The van der Waals surface area contributed by atoms with E-state index in [2.05, 4.69) is 27.3 Å². The summed E-state index contributed by atoms with van der Waals surface area (Å²) >= 11 is 0. The summed E-state index contributed by atoms with van der Waals surface area (Å²) in [5.74, 6) is 1.33. The van der Waals surface area contributed by atoms with Crippen molar-refractivity contribution in [3.63, 3.8) is 0 Å². The molecule has 9 nitrogen and oxygen atoms in total. The Kier molecular flexibility index (Phi) is 7.60. The Bertz CT molecular complexity index is 1580. The number of amides is 1. The number of hydrogen-bond acceptors (Lipinski definition) is 6. The molecule has 0 saturated heterocycles. The molecule has 0 radical (unpaired) electrons. The fourth-order valence-electron chi connectivity index (χ4n) is 4.98. The number of aromatic amines is 1. The van der Waals surface area contributed by atoms with E-state index in [1.54, 1.807) is 14.2 Å². The lowest BCUT2D eigenvalue weighted by molar-refractivity contribution is -0.119. The highest BCUT2D eigenvalue weighted by Crippen LogP contribution is 2.34. The number of para-hydroxylation sites is 1. The molecule has 5 N–H and O–H groups in total. The van der Waals surface area contributed by atoms with E-state index in [9.17, 15) is 4.79 Å². The molecule has 2 atom stereocenters. The predicted octanol–water partition coefficient (Wildman–Crippen LogP) is 3.69.